The Labute approximate surface area is 147 Å². The van der Waals surface area contributed by atoms with Gasteiger partial charge in [-0.25, -0.2) is 9.78 Å². The van der Waals surface area contributed by atoms with Crippen LogP contribution in [0.1, 0.15) is 38.9 Å². The Morgan fingerprint density at radius 1 is 1.39 bits per heavy atom. The molecule has 1 atom stereocenters. The van der Waals surface area contributed by atoms with Gasteiger partial charge in [0.15, 0.2) is 0 Å². The molecule has 1 aromatic carbocycles. The highest BCUT2D eigenvalue weighted by Crippen LogP contribution is 2.24. The van der Waals surface area contributed by atoms with Gasteiger partial charge in [0, 0.05) is 10.0 Å². The topological polar surface area (TPSA) is 79.3 Å². The molecule has 23 heavy (non-hydrogen) atoms. The van der Waals surface area contributed by atoms with Crippen LogP contribution >= 0.6 is 34.5 Å². The van der Waals surface area contributed by atoms with Crippen molar-refractivity contribution >= 4 is 46.4 Å². The molecule has 0 bridgehead atoms. The molecule has 1 heterocycles. The normalized spacial score (nSPS) is 12.0. The summed E-state index contributed by atoms with van der Waals surface area (Å²) in [5, 5.41) is 13.3. The van der Waals surface area contributed by atoms with Gasteiger partial charge in [0.05, 0.1) is 18.2 Å². The number of carboxylic acids is 1. The maximum atomic E-state index is 12.1. The molecule has 1 unspecified atom stereocenters. The van der Waals surface area contributed by atoms with Gasteiger partial charge in [0.25, 0.3) is 0 Å². The van der Waals surface area contributed by atoms with E-state index in [1.54, 1.807) is 32.0 Å². The second-order valence-corrected chi connectivity index (χ2v) is 6.85. The number of hydrogen-bond acceptors (Lipinski definition) is 4. The minimum Gasteiger partial charge on any atom is -0.477 e. The Bertz CT molecular complexity index is 761. The molecule has 1 aromatic heterocycles. The Kier molecular flexibility index (Phi) is 5.62. The molecule has 2 aromatic rings. The molecule has 0 aliphatic heterocycles. The summed E-state index contributed by atoms with van der Waals surface area (Å²) >= 11 is 12.9. The van der Waals surface area contributed by atoms with Crippen molar-refractivity contribution in [2.45, 2.75) is 26.3 Å². The number of benzene rings is 1. The molecule has 122 valence electrons. The molecule has 0 aliphatic carbocycles. The lowest BCUT2D eigenvalue weighted by Gasteiger charge is -2.12. The third-order valence-corrected chi connectivity index (χ3v) is 5.04. The Morgan fingerprint density at radius 3 is 2.65 bits per heavy atom. The van der Waals surface area contributed by atoms with Crippen LogP contribution in [-0.2, 0) is 11.2 Å². The number of thiazole rings is 1. The SMILES string of the molecule is Cc1nc(C(C)NC(=O)Cc2ccc(Cl)cc2Cl)sc1C(=O)O. The zero-order valence-electron chi connectivity index (χ0n) is 12.4. The number of carboxylic acid groups (broad SMARTS) is 1. The number of aryl methyl sites for hydroxylation is 1. The van der Waals surface area contributed by atoms with Crippen LogP contribution in [0.3, 0.4) is 0 Å². The zero-order valence-corrected chi connectivity index (χ0v) is 14.7. The second-order valence-electron chi connectivity index (χ2n) is 4.97. The Balaban J connectivity index is 2.05. The van der Waals surface area contributed by atoms with E-state index in [2.05, 4.69) is 10.3 Å². The lowest BCUT2D eigenvalue weighted by molar-refractivity contribution is -0.121. The first kappa shape index (κ1) is 17.7. The van der Waals surface area contributed by atoms with Crippen molar-refractivity contribution in [3.8, 4) is 0 Å². The average molecular weight is 373 g/mol. The third-order valence-electron chi connectivity index (χ3n) is 3.12. The predicted octanol–water partition coefficient (Wildman–Crippen LogP) is 3.88. The van der Waals surface area contributed by atoms with Crippen LogP contribution < -0.4 is 5.32 Å². The van der Waals surface area contributed by atoms with Gasteiger partial charge < -0.3 is 10.4 Å². The van der Waals surface area contributed by atoms with Gasteiger partial charge in [0.1, 0.15) is 9.88 Å². The smallest absolute Gasteiger partial charge is 0.347 e. The fourth-order valence-electron chi connectivity index (χ4n) is 1.99. The summed E-state index contributed by atoms with van der Waals surface area (Å²) in [6.07, 6.45) is 0.108. The molecule has 0 saturated heterocycles. The van der Waals surface area contributed by atoms with Crippen LogP contribution in [0.25, 0.3) is 0 Å². The van der Waals surface area contributed by atoms with Crippen molar-refractivity contribution in [3.63, 3.8) is 0 Å². The van der Waals surface area contributed by atoms with E-state index in [4.69, 9.17) is 28.3 Å². The number of halogens is 2. The molecule has 8 heteroatoms. The minimum atomic E-state index is -1.02. The van der Waals surface area contributed by atoms with E-state index in [0.29, 0.717) is 26.3 Å². The number of amides is 1. The van der Waals surface area contributed by atoms with Gasteiger partial charge in [-0.05, 0) is 31.5 Å². The average Bonchev–Trinajstić information content (AvgIpc) is 2.84. The summed E-state index contributed by atoms with van der Waals surface area (Å²) in [5.41, 5.74) is 1.11. The molecule has 5 nitrogen and oxygen atoms in total. The summed E-state index contributed by atoms with van der Waals surface area (Å²) in [6, 6.07) is 4.57. The van der Waals surface area contributed by atoms with E-state index in [0.717, 1.165) is 11.3 Å². The van der Waals surface area contributed by atoms with Gasteiger partial charge in [-0.15, -0.1) is 11.3 Å². The molecule has 0 aliphatic rings. The highest BCUT2D eigenvalue weighted by molar-refractivity contribution is 7.13. The van der Waals surface area contributed by atoms with Gasteiger partial charge >= 0.3 is 5.97 Å². The predicted molar refractivity (Wildman–Crippen MR) is 90.5 cm³/mol. The van der Waals surface area contributed by atoms with Gasteiger partial charge in [-0.2, -0.15) is 0 Å². The summed E-state index contributed by atoms with van der Waals surface area (Å²) in [7, 11) is 0. The van der Waals surface area contributed by atoms with Crippen molar-refractivity contribution < 1.29 is 14.7 Å². The third kappa shape index (κ3) is 4.43. The molecule has 0 saturated carbocycles. The van der Waals surface area contributed by atoms with Crippen molar-refractivity contribution in [2.75, 3.05) is 0 Å². The van der Waals surface area contributed by atoms with E-state index in [1.807, 2.05) is 0 Å². The monoisotopic (exact) mass is 372 g/mol. The summed E-state index contributed by atoms with van der Waals surface area (Å²) in [5.74, 6) is -1.25. The highest BCUT2D eigenvalue weighted by atomic mass is 35.5. The first-order chi connectivity index (χ1) is 10.8. The van der Waals surface area contributed by atoms with E-state index in [9.17, 15) is 9.59 Å². The molecular formula is C15H14Cl2N2O3S. The van der Waals surface area contributed by atoms with Crippen molar-refractivity contribution in [3.05, 3.63) is 49.4 Å². The first-order valence-electron chi connectivity index (χ1n) is 6.72. The maximum Gasteiger partial charge on any atom is 0.347 e. The lowest BCUT2D eigenvalue weighted by atomic mass is 10.1. The fraction of sp³-hybridized carbons (Fsp3) is 0.267. The summed E-state index contributed by atoms with van der Waals surface area (Å²) in [4.78, 5) is 27.5. The lowest BCUT2D eigenvalue weighted by Crippen LogP contribution is -2.28. The van der Waals surface area contributed by atoms with Crippen LogP contribution in [0.4, 0.5) is 0 Å². The number of rotatable bonds is 5. The minimum absolute atomic E-state index is 0.108. The van der Waals surface area contributed by atoms with Gasteiger partial charge in [0.2, 0.25) is 5.91 Å². The Morgan fingerprint density at radius 2 is 2.09 bits per heavy atom. The highest BCUT2D eigenvalue weighted by Gasteiger charge is 2.19. The van der Waals surface area contributed by atoms with E-state index in [-0.39, 0.29) is 23.2 Å². The first-order valence-corrected chi connectivity index (χ1v) is 8.29. The van der Waals surface area contributed by atoms with Crippen LogP contribution in [0.15, 0.2) is 18.2 Å². The van der Waals surface area contributed by atoms with Crippen LogP contribution in [-0.4, -0.2) is 22.0 Å². The molecule has 0 spiro atoms. The number of carbonyl (C=O) groups is 2. The summed E-state index contributed by atoms with van der Waals surface area (Å²) in [6.45, 7) is 3.39. The van der Waals surface area contributed by atoms with Crippen LogP contribution in [0.2, 0.25) is 10.0 Å². The number of carbonyl (C=O) groups excluding carboxylic acids is 1. The van der Waals surface area contributed by atoms with Crippen LogP contribution in [0, 0.1) is 6.92 Å². The van der Waals surface area contributed by atoms with E-state index >= 15 is 0 Å². The van der Waals surface area contributed by atoms with Crippen LogP contribution in [0.5, 0.6) is 0 Å². The molecular weight excluding hydrogens is 359 g/mol. The van der Waals surface area contributed by atoms with Crippen molar-refractivity contribution in [1.82, 2.24) is 10.3 Å². The standard InChI is InChI=1S/C15H14Cl2N2O3S/c1-7-13(15(21)22)23-14(19-7)8(2)18-12(20)5-9-3-4-10(16)6-11(9)17/h3-4,6,8H,5H2,1-2H3,(H,18,20)(H,21,22). The quantitative estimate of drug-likeness (QED) is 0.834. The largest absolute Gasteiger partial charge is 0.477 e. The number of aromatic carboxylic acids is 1. The molecule has 0 radical (unpaired) electrons. The van der Waals surface area contributed by atoms with Gasteiger partial charge in [-0.1, -0.05) is 29.3 Å². The zero-order chi connectivity index (χ0) is 17.1. The fourth-order valence-corrected chi connectivity index (χ4v) is 3.38. The number of nitrogens with one attached hydrogen (secondary N) is 1. The van der Waals surface area contributed by atoms with Crippen molar-refractivity contribution in [1.29, 1.82) is 0 Å². The molecule has 2 rings (SSSR count). The number of aromatic nitrogens is 1. The second kappa shape index (κ2) is 7.29. The Hall–Kier alpha value is -1.63. The van der Waals surface area contributed by atoms with Gasteiger partial charge in [-0.3, -0.25) is 4.79 Å². The molecule has 0 fully saturated rings. The summed E-state index contributed by atoms with van der Waals surface area (Å²) < 4.78 is 0. The maximum absolute atomic E-state index is 12.1. The van der Waals surface area contributed by atoms with E-state index in [1.165, 1.54) is 0 Å². The van der Waals surface area contributed by atoms with E-state index < -0.39 is 5.97 Å². The van der Waals surface area contributed by atoms with Crippen molar-refractivity contribution in [2.24, 2.45) is 0 Å². The number of hydrogen-bond donors (Lipinski definition) is 2. The molecule has 1 amide bonds. The number of nitrogens with zero attached hydrogens (tertiary/aromatic N) is 1. The molecule has 2 N–H and O–H groups in total.